The lowest BCUT2D eigenvalue weighted by Gasteiger charge is -2.41. The molecule has 0 spiro atoms. The van der Waals surface area contributed by atoms with Gasteiger partial charge in [0.15, 0.2) is 0 Å². The summed E-state index contributed by atoms with van der Waals surface area (Å²) in [5, 5.41) is 3.71. The summed E-state index contributed by atoms with van der Waals surface area (Å²) in [6.07, 6.45) is 3.86. The number of hydrogen-bond donors (Lipinski definition) is 1. The third-order valence-electron chi connectivity index (χ3n) is 6.42. The van der Waals surface area contributed by atoms with Crippen molar-refractivity contribution >= 4 is 33.9 Å². The maximum atomic E-state index is 13.0. The van der Waals surface area contributed by atoms with Gasteiger partial charge in [0, 0.05) is 36.2 Å². The first-order valence-electron chi connectivity index (χ1n) is 12.0. The molecule has 2 heterocycles. The van der Waals surface area contributed by atoms with Gasteiger partial charge in [0.25, 0.3) is 0 Å². The van der Waals surface area contributed by atoms with Crippen LogP contribution in [0.4, 0.5) is 10.7 Å². The fraction of sp³-hybridized carbons (Fsp3) is 0.538. The van der Waals surface area contributed by atoms with E-state index in [1.165, 1.54) is 16.1 Å². The second kappa shape index (κ2) is 10.3. The molecular formula is C26H35N3O3S. The van der Waals surface area contributed by atoms with E-state index < -0.39 is 0 Å². The zero-order valence-electron chi connectivity index (χ0n) is 20.1. The van der Waals surface area contributed by atoms with Crippen LogP contribution in [0.3, 0.4) is 0 Å². The zero-order chi connectivity index (χ0) is 23.5. The molecule has 0 bridgehead atoms. The molecule has 1 aliphatic carbocycles. The molecule has 1 saturated heterocycles. The number of nitrogens with one attached hydrogen (secondary N) is 1. The molecule has 178 valence electrons. The van der Waals surface area contributed by atoms with Gasteiger partial charge in [-0.25, -0.2) is 4.79 Å². The van der Waals surface area contributed by atoms with Crippen LogP contribution in [0, 0.1) is 6.92 Å². The maximum absolute atomic E-state index is 13.0. The van der Waals surface area contributed by atoms with Crippen LogP contribution in [0.25, 0.3) is 0 Å². The van der Waals surface area contributed by atoms with Crippen LogP contribution in [0.15, 0.2) is 24.3 Å². The molecule has 1 N–H and O–H groups in total. The highest BCUT2D eigenvalue weighted by atomic mass is 32.1. The molecule has 1 atom stereocenters. The summed E-state index contributed by atoms with van der Waals surface area (Å²) < 4.78 is 5.51. The first kappa shape index (κ1) is 23.8. The number of rotatable bonds is 6. The number of amides is 1. The van der Waals surface area contributed by atoms with Gasteiger partial charge < -0.3 is 15.0 Å². The van der Waals surface area contributed by atoms with E-state index in [0.717, 1.165) is 50.9 Å². The molecule has 1 amide bonds. The van der Waals surface area contributed by atoms with Gasteiger partial charge in [-0.1, -0.05) is 17.7 Å². The number of aryl methyl sites for hydroxylation is 2. The van der Waals surface area contributed by atoms with Gasteiger partial charge in [-0.15, -0.1) is 11.3 Å². The van der Waals surface area contributed by atoms with Gasteiger partial charge in [-0.2, -0.15) is 0 Å². The molecule has 2 aromatic rings. The van der Waals surface area contributed by atoms with Crippen molar-refractivity contribution in [3.05, 3.63) is 45.8 Å². The number of ether oxygens (including phenoxy) is 1. The highest BCUT2D eigenvalue weighted by Gasteiger charge is 2.29. The number of esters is 1. The Labute approximate surface area is 200 Å². The monoisotopic (exact) mass is 469 g/mol. The van der Waals surface area contributed by atoms with Crippen LogP contribution in [-0.2, 0) is 22.4 Å². The maximum Gasteiger partial charge on any atom is 0.341 e. The van der Waals surface area contributed by atoms with Crippen LogP contribution in [0.5, 0.6) is 0 Å². The van der Waals surface area contributed by atoms with Crippen LogP contribution < -0.4 is 10.2 Å². The number of hydrogen-bond acceptors (Lipinski definition) is 6. The van der Waals surface area contributed by atoms with Gasteiger partial charge in [0.05, 0.1) is 18.2 Å². The lowest BCUT2D eigenvalue weighted by atomic mass is 9.95. The van der Waals surface area contributed by atoms with E-state index in [0.29, 0.717) is 23.2 Å². The average Bonchev–Trinajstić information content (AvgIpc) is 3.12. The molecule has 1 aromatic heterocycles. The van der Waals surface area contributed by atoms with Crippen LogP contribution in [0.1, 0.15) is 60.0 Å². The van der Waals surface area contributed by atoms with E-state index in [9.17, 15) is 9.59 Å². The number of fused-ring (bicyclic) bond motifs is 1. The third kappa shape index (κ3) is 5.58. The van der Waals surface area contributed by atoms with Crippen molar-refractivity contribution in [3.63, 3.8) is 0 Å². The quantitative estimate of drug-likeness (QED) is 0.624. The molecule has 7 heteroatoms. The molecule has 6 nitrogen and oxygen atoms in total. The van der Waals surface area contributed by atoms with Crippen molar-refractivity contribution in [1.29, 1.82) is 0 Å². The van der Waals surface area contributed by atoms with E-state index in [1.54, 1.807) is 11.3 Å². The first-order valence-corrected chi connectivity index (χ1v) is 12.8. The van der Waals surface area contributed by atoms with E-state index >= 15 is 0 Å². The highest BCUT2D eigenvalue weighted by Crippen LogP contribution is 2.38. The van der Waals surface area contributed by atoms with Crippen molar-refractivity contribution in [2.24, 2.45) is 0 Å². The molecule has 1 fully saturated rings. The van der Waals surface area contributed by atoms with E-state index in [4.69, 9.17) is 4.74 Å². The molecule has 1 aliphatic heterocycles. The van der Waals surface area contributed by atoms with Crippen molar-refractivity contribution in [2.75, 3.05) is 36.4 Å². The second-order valence-electron chi connectivity index (χ2n) is 9.53. The zero-order valence-corrected chi connectivity index (χ0v) is 21.0. The third-order valence-corrected chi connectivity index (χ3v) is 7.62. The minimum Gasteiger partial charge on any atom is -0.459 e. The summed E-state index contributed by atoms with van der Waals surface area (Å²) in [5.74, 6) is -0.386. The van der Waals surface area contributed by atoms with Crippen LogP contribution in [0.2, 0.25) is 0 Å². The van der Waals surface area contributed by atoms with Crippen molar-refractivity contribution in [2.45, 2.75) is 65.5 Å². The molecule has 1 unspecified atom stereocenters. The minimum atomic E-state index is -0.319. The van der Waals surface area contributed by atoms with Crippen molar-refractivity contribution in [1.82, 2.24) is 4.90 Å². The molecule has 33 heavy (non-hydrogen) atoms. The number of anilines is 2. The Kier molecular flexibility index (Phi) is 7.39. The fourth-order valence-electron chi connectivity index (χ4n) is 4.81. The van der Waals surface area contributed by atoms with E-state index in [-0.39, 0.29) is 18.0 Å². The highest BCUT2D eigenvalue weighted by molar-refractivity contribution is 7.17. The molecule has 2 aliphatic rings. The Balaban J connectivity index is 1.40. The van der Waals surface area contributed by atoms with Gasteiger partial charge in [-0.05, 0) is 71.1 Å². The lowest BCUT2D eigenvalue weighted by Crippen LogP contribution is -2.53. The Morgan fingerprint density at radius 2 is 1.88 bits per heavy atom. The molecule has 0 saturated carbocycles. The molecule has 1 aromatic carbocycles. The summed E-state index contributed by atoms with van der Waals surface area (Å²) in [6, 6.07) is 8.95. The van der Waals surface area contributed by atoms with E-state index in [1.807, 2.05) is 13.8 Å². The standard InChI is InChI=1S/C26H35N3O3S/c1-17(2)32-26(31)24-21-7-5-6-8-22(21)33-25(24)27-23(30)16-28-13-14-29(19(4)15-28)20-11-9-18(3)10-12-20/h9-12,17,19H,5-8,13-16H2,1-4H3,(H,27,30). The molecular weight excluding hydrogens is 434 g/mol. The van der Waals surface area contributed by atoms with Gasteiger partial charge in [0.2, 0.25) is 5.91 Å². The number of thiophene rings is 1. The van der Waals surface area contributed by atoms with Crippen LogP contribution in [-0.4, -0.2) is 55.1 Å². The smallest absolute Gasteiger partial charge is 0.341 e. The predicted molar refractivity (Wildman–Crippen MR) is 135 cm³/mol. The van der Waals surface area contributed by atoms with Gasteiger partial charge in [0.1, 0.15) is 5.00 Å². The Morgan fingerprint density at radius 1 is 1.15 bits per heavy atom. The Hall–Kier alpha value is -2.38. The summed E-state index contributed by atoms with van der Waals surface area (Å²) in [5.41, 5.74) is 4.14. The first-order chi connectivity index (χ1) is 15.8. The van der Waals surface area contributed by atoms with Gasteiger partial charge in [-0.3, -0.25) is 9.69 Å². The predicted octanol–water partition coefficient (Wildman–Crippen LogP) is 4.65. The second-order valence-corrected chi connectivity index (χ2v) is 10.6. The largest absolute Gasteiger partial charge is 0.459 e. The van der Waals surface area contributed by atoms with Crippen molar-refractivity contribution in [3.8, 4) is 0 Å². The Morgan fingerprint density at radius 3 is 2.58 bits per heavy atom. The normalized spacial score (nSPS) is 18.8. The SMILES string of the molecule is Cc1ccc(N2CCN(CC(=O)Nc3sc4c(c3C(=O)OC(C)C)CCCC4)CC2C)cc1. The minimum absolute atomic E-state index is 0.0665. The number of nitrogens with zero attached hydrogens (tertiary/aromatic N) is 2. The van der Waals surface area contributed by atoms with Crippen molar-refractivity contribution < 1.29 is 14.3 Å². The van der Waals surface area contributed by atoms with Crippen LogP contribution >= 0.6 is 11.3 Å². The van der Waals surface area contributed by atoms with E-state index in [2.05, 4.69) is 53.2 Å². The Bertz CT molecular complexity index is 999. The summed E-state index contributed by atoms with van der Waals surface area (Å²) in [4.78, 5) is 31.6. The summed E-state index contributed by atoms with van der Waals surface area (Å²) in [7, 11) is 0. The summed E-state index contributed by atoms with van der Waals surface area (Å²) >= 11 is 1.55. The topological polar surface area (TPSA) is 61.9 Å². The lowest BCUT2D eigenvalue weighted by molar-refractivity contribution is -0.117. The van der Waals surface area contributed by atoms with Gasteiger partial charge >= 0.3 is 5.97 Å². The fourth-order valence-corrected chi connectivity index (χ4v) is 6.10. The number of carbonyl (C=O) groups excluding carboxylic acids is 2. The number of carbonyl (C=O) groups is 2. The molecule has 0 radical (unpaired) electrons. The summed E-state index contributed by atoms with van der Waals surface area (Å²) in [6.45, 7) is 10.9. The number of benzene rings is 1. The average molecular weight is 470 g/mol. The molecule has 4 rings (SSSR count). The number of piperazine rings is 1.